The molecule has 0 spiro atoms. The molecule has 0 radical (unpaired) electrons. The van der Waals surface area contributed by atoms with Gasteiger partial charge in [0.15, 0.2) is 5.82 Å². The Morgan fingerprint density at radius 3 is 2.61 bits per heavy atom. The number of anilines is 2. The summed E-state index contributed by atoms with van der Waals surface area (Å²) in [6.07, 6.45) is 5.35. The van der Waals surface area contributed by atoms with Gasteiger partial charge >= 0.3 is 0 Å². The summed E-state index contributed by atoms with van der Waals surface area (Å²) in [7, 11) is 1.90. The zero-order valence-corrected chi connectivity index (χ0v) is 16.2. The fourth-order valence-corrected chi connectivity index (χ4v) is 3.00. The highest BCUT2D eigenvalue weighted by molar-refractivity contribution is 5.82. The smallest absolute Gasteiger partial charge is 0.154 e. The number of hydrogen-bond acceptors (Lipinski definition) is 7. The highest BCUT2D eigenvalue weighted by Gasteiger charge is 2.17. The summed E-state index contributed by atoms with van der Waals surface area (Å²) < 4.78 is 1.79. The Morgan fingerprint density at radius 2 is 1.89 bits per heavy atom. The zero-order chi connectivity index (χ0) is 19.9. The number of nitrogens with zero attached hydrogens (tertiary/aromatic N) is 6. The zero-order valence-electron chi connectivity index (χ0n) is 16.2. The van der Waals surface area contributed by atoms with Gasteiger partial charge in [0, 0.05) is 36.1 Å². The summed E-state index contributed by atoms with van der Waals surface area (Å²) >= 11 is 0. The van der Waals surface area contributed by atoms with Crippen LogP contribution in [0.2, 0.25) is 0 Å². The van der Waals surface area contributed by atoms with E-state index in [1.807, 2.05) is 44.6 Å². The molecule has 142 valence electrons. The van der Waals surface area contributed by atoms with Crippen molar-refractivity contribution >= 4 is 22.7 Å². The van der Waals surface area contributed by atoms with Crippen molar-refractivity contribution < 1.29 is 5.11 Å². The number of pyridine rings is 2. The Bertz CT molecular complexity index is 1160. The molecule has 0 bridgehead atoms. The van der Waals surface area contributed by atoms with Crippen LogP contribution in [0.15, 0.2) is 42.9 Å². The molecule has 2 N–H and O–H groups in total. The molecular weight excluding hydrogens is 354 g/mol. The van der Waals surface area contributed by atoms with Crippen LogP contribution in [0.3, 0.4) is 0 Å². The van der Waals surface area contributed by atoms with E-state index in [9.17, 15) is 5.11 Å². The molecule has 0 atom stereocenters. The molecule has 4 aromatic rings. The molecule has 0 amide bonds. The number of aliphatic hydroxyl groups is 1. The Balaban J connectivity index is 1.68. The van der Waals surface area contributed by atoms with E-state index in [1.165, 1.54) is 0 Å². The van der Waals surface area contributed by atoms with Crippen LogP contribution in [0.1, 0.15) is 25.1 Å². The third kappa shape index (κ3) is 3.54. The fourth-order valence-electron chi connectivity index (χ4n) is 3.00. The van der Waals surface area contributed by atoms with Gasteiger partial charge in [0.05, 0.1) is 28.5 Å². The molecule has 8 heteroatoms. The van der Waals surface area contributed by atoms with Crippen molar-refractivity contribution in [2.45, 2.75) is 26.4 Å². The monoisotopic (exact) mass is 375 g/mol. The van der Waals surface area contributed by atoms with Crippen molar-refractivity contribution in [2.75, 3.05) is 5.32 Å². The van der Waals surface area contributed by atoms with Crippen LogP contribution >= 0.6 is 0 Å². The molecule has 0 aliphatic rings. The van der Waals surface area contributed by atoms with Gasteiger partial charge in [-0.15, -0.1) is 5.10 Å². The molecule has 8 nitrogen and oxygen atoms in total. The second-order valence-corrected chi connectivity index (χ2v) is 7.27. The van der Waals surface area contributed by atoms with Crippen molar-refractivity contribution in [1.29, 1.82) is 0 Å². The van der Waals surface area contributed by atoms with Crippen LogP contribution in [0.5, 0.6) is 0 Å². The summed E-state index contributed by atoms with van der Waals surface area (Å²) in [5.74, 6) is 1.13. The van der Waals surface area contributed by atoms with Crippen molar-refractivity contribution in [2.24, 2.45) is 7.05 Å². The second kappa shape index (κ2) is 6.65. The van der Waals surface area contributed by atoms with Crippen LogP contribution in [0.25, 0.3) is 22.2 Å². The summed E-state index contributed by atoms with van der Waals surface area (Å²) in [6, 6.07) is 7.49. The quantitative estimate of drug-likeness (QED) is 0.565. The molecule has 4 aromatic heterocycles. The minimum Gasteiger partial charge on any atom is -0.386 e. The topological polar surface area (TPSA) is 102 Å². The van der Waals surface area contributed by atoms with Gasteiger partial charge < -0.3 is 10.4 Å². The molecule has 28 heavy (non-hydrogen) atoms. The largest absolute Gasteiger partial charge is 0.386 e. The van der Waals surface area contributed by atoms with E-state index < -0.39 is 5.60 Å². The van der Waals surface area contributed by atoms with E-state index in [1.54, 1.807) is 30.8 Å². The molecule has 0 aliphatic heterocycles. The average Bonchev–Trinajstić information content (AvgIpc) is 2.99. The number of aryl methyl sites for hydroxylation is 2. The van der Waals surface area contributed by atoms with E-state index in [2.05, 4.69) is 30.6 Å². The van der Waals surface area contributed by atoms with E-state index in [0.29, 0.717) is 17.2 Å². The van der Waals surface area contributed by atoms with E-state index >= 15 is 0 Å². The summed E-state index contributed by atoms with van der Waals surface area (Å²) in [5.41, 5.74) is 4.17. The van der Waals surface area contributed by atoms with Gasteiger partial charge in [-0.3, -0.25) is 9.67 Å². The van der Waals surface area contributed by atoms with Crippen molar-refractivity contribution in [3.05, 3.63) is 54.1 Å². The van der Waals surface area contributed by atoms with Crippen molar-refractivity contribution in [3.8, 4) is 11.1 Å². The lowest BCUT2D eigenvalue weighted by Crippen LogP contribution is -2.16. The highest BCUT2D eigenvalue weighted by atomic mass is 16.3. The molecule has 0 unspecified atom stereocenters. The first kappa shape index (κ1) is 18.0. The van der Waals surface area contributed by atoms with Gasteiger partial charge in [0.25, 0.3) is 0 Å². The highest BCUT2D eigenvalue weighted by Crippen LogP contribution is 2.26. The van der Waals surface area contributed by atoms with Gasteiger partial charge in [-0.05, 0) is 45.0 Å². The number of fused-ring (bicyclic) bond motifs is 1. The molecule has 0 fully saturated rings. The van der Waals surface area contributed by atoms with Gasteiger partial charge in [-0.25, -0.2) is 4.98 Å². The first-order chi connectivity index (χ1) is 13.3. The molecule has 0 saturated heterocycles. The lowest BCUT2D eigenvalue weighted by molar-refractivity contribution is 0.0781. The van der Waals surface area contributed by atoms with Crippen LogP contribution in [-0.2, 0) is 12.6 Å². The lowest BCUT2D eigenvalue weighted by atomic mass is 10.0. The van der Waals surface area contributed by atoms with Gasteiger partial charge in [0.2, 0.25) is 0 Å². The van der Waals surface area contributed by atoms with Crippen LogP contribution in [-0.4, -0.2) is 35.1 Å². The third-order valence-electron chi connectivity index (χ3n) is 4.48. The van der Waals surface area contributed by atoms with Crippen LogP contribution < -0.4 is 5.32 Å². The first-order valence-electron chi connectivity index (χ1n) is 8.89. The Kier molecular flexibility index (Phi) is 4.27. The molecule has 0 aromatic carbocycles. The summed E-state index contributed by atoms with van der Waals surface area (Å²) in [6.45, 7) is 5.38. The summed E-state index contributed by atoms with van der Waals surface area (Å²) in [4.78, 5) is 9.17. The standard InChI is InChI=1S/C20H21N7O/c1-12-15(11-27(4)26-12)13-7-17-16(21-9-13)5-6-18(23-17)24-19-8-14(10-22-25-19)20(2,3)28/h5-11,28H,1-4H3,(H,23,24,25). The Labute approximate surface area is 162 Å². The van der Waals surface area contributed by atoms with E-state index in [0.717, 1.165) is 27.9 Å². The number of nitrogens with one attached hydrogen (secondary N) is 1. The van der Waals surface area contributed by atoms with Gasteiger partial charge in [0.1, 0.15) is 5.82 Å². The Hall–Kier alpha value is -3.39. The van der Waals surface area contributed by atoms with Crippen molar-refractivity contribution in [3.63, 3.8) is 0 Å². The number of rotatable bonds is 4. The van der Waals surface area contributed by atoms with Crippen molar-refractivity contribution in [1.82, 2.24) is 29.9 Å². The minimum absolute atomic E-state index is 0.513. The molecule has 0 aliphatic carbocycles. The van der Waals surface area contributed by atoms with Crippen LogP contribution in [0.4, 0.5) is 11.6 Å². The maximum absolute atomic E-state index is 10.2. The molecule has 4 heterocycles. The average molecular weight is 375 g/mol. The SMILES string of the molecule is Cc1nn(C)cc1-c1cnc2ccc(Nc3cc(C(C)(C)O)cnn3)nc2c1. The molecular formula is C20H21N7O. The van der Waals surface area contributed by atoms with Gasteiger partial charge in [-0.2, -0.15) is 10.2 Å². The predicted molar refractivity (Wildman–Crippen MR) is 107 cm³/mol. The maximum Gasteiger partial charge on any atom is 0.154 e. The van der Waals surface area contributed by atoms with E-state index in [4.69, 9.17) is 0 Å². The maximum atomic E-state index is 10.2. The molecule has 4 rings (SSSR count). The fraction of sp³-hybridized carbons (Fsp3) is 0.250. The lowest BCUT2D eigenvalue weighted by Gasteiger charge is -2.17. The normalized spacial score (nSPS) is 11.8. The van der Waals surface area contributed by atoms with Crippen LogP contribution in [0, 0.1) is 6.92 Å². The molecule has 0 saturated carbocycles. The third-order valence-corrected chi connectivity index (χ3v) is 4.48. The van der Waals surface area contributed by atoms with E-state index in [-0.39, 0.29) is 0 Å². The second-order valence-electron chi connectivity index (χ2n) is 7.27. The minimum atomic E-state index is -0.996. The first-order valence-corrected chi connectivity index (χ1v) is 8.89. The Morgan fingerprint density at radius 1 is 1.07 bits per heavy atom. The summed E-state index contributed by atoms with van der Waals surface area (Å²) in [5, 5.41) is 25.7. The number of aromatic nitrogens is 6. The number of hydrogen-bond donors (Lipinski definition) is 2. The predicted octanol–water partition coefficient (Wildman–Crippen LogP) is 3.10. The van der Waals surface area contributed by atoms with Gasteiger partial charge in [-0.1, -0.05) is 0 Å².